The first-order valence-electron chi connectivity index (χ1n) is 8.81. The Hall–Kier alpha value is -1.72. The molecule has 1 aromatic carbocycles. The molecular formula is C20H29NO3Si. The Morgan fingerprint density at radius 3 is 2.56 bits per heavy atom. The van der Waals surface area contributed by atoms with Gasteiger partial charge in [-0.1, -0.05) is 32.9 Å². The largest absolute Gasteiger partial charge is 0.466 e. The third-order valence-corrected chi connectivity index (χ3v) is 9.42. The van der Waals surface area contributed by atoms with Crippen LogP contribution in [0.3, 0.4) is 0 Å². The van der Waals surface area contributed by atoms with Gasteiger partial charge in [0.25, 0.3) is 0 Å². The van der Waals surface area contributed by atoms with Crippen molar-refractivity contribution >= 4 is 25.1 Å². The number of hydrogen-bond acceptors (Lipinski definition) is 4. The Morgan fingerprint density at radius 1 is 1.20 bits per heavy atom. The maximum absolute atomic E-state index is 12.1. The Balaban J connectivity index is 2.36. The van der Waals surface area contributed by atoms with Crippen molar-refractivity contribution in [2.45, 2.75) is 58.4 Å². The molecule has 0 saturated heterocycles. The maximum Gasteiger partial charge on any atom is 0.308 e. The van der Waals surface area contributed by atoms with Crippen LogP contribution in [0.15, 0.2) is 36.7 Å². The van der Waals surface area contributed by atoms with Gasteiger partial charge in [0.05, 0.1) is 19.1 Å². The number of nitrogens with zero attached hydrogens (tertiary/aromatic N) is 1. The monoisotopic (exact) mass is 359 g/mol. The minimum absolute atomic E-state index is 0.0678. The molecule has 4 nitrogen and oxygen atoms in total. The molecule has 1 aromatic heterocycles. The van der Waals surface area contributed by atoms with Gasteiger partial charge in [0.15, 0.2) is 8.32 Å². The number of fused-ring (bicyclic) bond motifs is 1. The molecule has 1 heterocycles. The molecule has 0 spiro atoms. The SMILES string of the molecule is CCOC(=O)C[C@H](O[Si](C)(C)C(C)(C)C)c1ccc2ccncc2c1. The second kappa shape index (κ2) is 7.66. The van der Waals surface area contributed by atoms with E-state index in [9.17, 15) is 4.79 Å². The first-order chi connectivity index (χ1) is 11.6. The summed E-state index contributed by atoms with van der Waals surface area (Å²) in [6.07, 6.45) is 3.55. The summed E-state index contributed by atoms with van der Waals surface area (Å²) in [7, 11) is -2.03. The molecule has 0 saturated carbocycles. The van der Waals surface area contributed by atoms with E-state index in [4.69, 9.17) is 9.16 Å². The number of ether oxygens (including phenoxy) is 1. The van der Waals surface area contributed by atoms with Gasteiger partial charge in [-0.25, -0.2) is 0 Å². The van der Waals surface area contributed by atoms with Crippen LogP contribution in [0, 0.1) is 0 Å². The minimum atomic E-state index is -2.03. The number of hydrogen-bond donors (Lipinski definition) is 0. The van der Waals surface area contributed by atoms with Crippen molar-refractivity contribution in [3.05, 3.63) is 42.2 Å². The van der Waals surface area contributed by atoms with Gasteiger partial charge in [-0.15, -0.1) is 0 Å². The summed E-state index contributed by atoms with van der Waals surface area (Å²) in [6.45, 7) is 13.2. The van der Waals surface area contributed by atoms with Crippen molar-refractivity contribution in [2.24, 2.45) is 0 Å². The maximum atomic E-state index is 12.1. The van der Waals surface area contributed by atoms with Crippen LogP contribution >= 0.6 is 0 Å². The van der Waals surface area contributed by atoms with E-state index in [1.807, 2.05) is 25.3 Å². The lowest BCUT2D eigenvalue weighted by molar-refractivity contribution is -0.145. The summed E-state index contributed by atoms with van der Waals surface area (Å²) in [6, 6.07) is 8.15. The molecule has 0 aliphatic carbocycles. The van der Waals surface area contributed by atoms with E-state index in [-0.39, 0.29) is 23.5 Å². The van der Waals surface area contributed by atoms with E-state index in [2.05, 4.69) is 51.0 Å². The first-order valence-corrected chi connectivity index (χ1v) is 11.7. The smallest absolute Gasteiger partial charge is 0.308 e. The average molecular weight is 360 g/mol. The highest BCUT2D eigenvalue weighted by Crippen LogP contribution is 2.40. The molecule has 2 aromatic rings. The fourth-order valence-corrected chi connectivity index (χ4v) is 3.72. The van der Waals surface area contributed by atoms with Crippen LogP contribution in [0.25, 0.3) is 10.8 Å². The molecule has 0 radical (unpaired) electrons. The number of carbonyl (C=O) groups excluding carboxylic acids is 1. The summed E-state index contributed by atoms with van der Waals surface area (Å²) < 4.78 is 11.7. The molecule has 2 rings (SSSR count). The third kappa shape index (κ3) is 4.89. The highest BCUT2D eigenvalue weighted by Gasteiger charge is 2.40. The van der Waals surface area contributed by atoms with Crippen molar-refractivity contribution in [2.75, 3.05) is 6.61 Å². The number of carbonyl (C=O) groups is 1. The van der Waals surface area contributed by atoms with Crippen molar-refractivity contribution in [3.63, 3.8) is 0 Å². The quantitative estimate of drug-likeness (QED) is 0.522. The lowest BCUT2D eigenvalue weighted by Crippen LogP contribution is -2.42. The Labute approximate surface area is 151 Å². The molecule has 25 heavy (non-hydrogen) atoms. The van der Waals surface area contributed by atoms with Crippen LogP contribution in [0.5, 0.6) is 0 Å². The second-order valence-electron chi connectivity index (χ2n) is 7.86. The fourth-order valence-electron chi connectivity index (χ4n) is 2.44. The zero-order valence-electron chi connectivity index (χ0n) is 16.1. The van der Waals surface area contributed by atoms with Crippen LogP contribution in [0.1, 0.15) is 45.8 Å². The Bertz CT molecular complexity index is 737. The first kappa shape index (κ1) is 19.6. The number of rotatable bonds is 6. The zero-order chi connectivity index (χ0) is 18.7. The van der Waals surface area contributed by atoms with Gasteiger partial charge in [-0.3, -0.25) is 9.78 Å². The predicted octanol–water partition coefficient (Wildman–Crippen LogP) is 5.25. The van der Waals surface area contributed by atoms with Gasteiger partial charge in [0.2, 0.25) is 0 Å². The van der Waals surface area contributed by atoms with Gasteiger partial charge < -0.3 is 9.16 Å². The van der Waals surface area contributed by atoms with E-state index in [1.54, 1.807) is 6.20 Å². The predicted molar refractivity (Wildman–Crippen MR) is 104 cm³/mol. The van der Waals surface area contributed by atoms with Gasteiger partial charge in [-0.05, 0) is 48.1 Å². The lowest BCUT2D eigenvalue weighted by atomic mass is 10.0. The van der Waals surface area contributed by atoms with Crippen LogP contribution in [0.2, 0.25) is 18.1 Å². The van der Waals surface area contributed by atoms with Crippen molar-refractivity contribution in [1.82, 2.24) is 4.98 Å². The second-order valence-corrected chi connectivity index (χ2v) is 12.6. The molecule has 0 N–H and O–H groups in total. The van der Waals surface area contributed by atoms with E-state index in [0.717, 1.165) is 16.3 Å². The summed E-state index contributed by atoms with van der Waals surface area (Å²) in [5, 5.41) is 2.24. The molecule has 0 fully saturated rings. The van der Waals surface area contributed by atoms with Gasteiger partial charge in [-0.2, -0.15) is 0 Å². The number of pyridine rings is 1. The molecule has 0 unspecified atom stereocenters. The summed E-state index contributed by atoms with van der Waals surface area (Å²) in [5.41, 5.74) is 0.998. The molecule has 0 amide bonds. The highest BCUT2D eigenvalue weighted by atomic mass is 28.4. The van der Waals surface area contributed by atoms with Crippen LogP contribution in [0.4, 0.5) is 0 Å². The molecule has 1 atom stereocenters. The standard InChI is InChI=1S/C20H29NO3Si/c1-7-23-19(22)13-18(24-25(5,6)20(2,3)4)16-9-8-15-10-11-21-14-17(15)12-16/h8-12,14,18H,7,13H2,1-6H3/t18-/m0/s1. The summed E-state index contributed by atoms with van der Waals surface area (Å²) in [5.74, 6) is -0.225. The lowest BCUT2D eigenvalue weighted by Gasteiger charge is -2.39. The fraction of sp³-hybridized carbons (Fsp3) is 0.500. The van der Waals surface area contributed by atoms with Crippen LogP contribution in [-0.2, 0) is 14.0 Å². The van der Waals surface area contributed by atoms with Crippen molar-refractivity contribution < 1.29 is 14.0 Å². The molecule has 0 bridgehead atoms. The summed E-state index contributed by atoms with van der Waals surface area (Å²) in [4.78, 5) is 16.3. The average Bonchev–Trinajstić information content (AvgIpc) is 2.52. The van der Waals surface area contributed by atoms with Crippen molar-refractivity contribution in [3.8, 4) is 0 Å². The molecule has 136 valence electrons. The van der Waals surface area contributed by atoms with Gasteiger partial charge in [0.1, 0.15) is 0 Å². The Morgan fingerprint density at radius 2 is 1.92 bits per heavy atom. The Kier molecular flexibility index (Phi) is 6.01. The van der Waals surface area contributed by atoms with E-state index in [1.165, 1.54) is 0 Å². The molecular weight excluding hydrogens is 330 g/mol. The summed E-state index contributed by atoms with van der Waals surface area (Å²) >= 11 is 0. The number of aromatic nitrogens is 1. The highest BCUT2D eigenvalue weighted by molar-refractivity contribution is 6.74. The third-order valence-electron chi connectivity index (χ3n) is 4.94. The van der Waals surface area contributed by atoms with E-state index >= 15 is 0 Å². The van der Waals surface area contributed by atoms with Crippen LogP contribution < -0.4 is 0 Å². The topological polar surface area (TPSA) is 48.4 Å². The van der Waals surface area contributed by atoms with E-state index in [0.29, 0.717) is 6.61 Å². The van der Waals surface area contributed by atoms with Crippen molar-refractivity contribution in [1.29, 1.82) is 0 Å². The molecule has 5 heteroatoms. The van der Waals surface area contributed by atoms with Gasteiger partial charge in [0, 0.05) is 17.8 Å². The normalized spacial score (nSPS) is 13.7. The van der Waals surface area contributed by atoms with E-state index < -0.39 is 8.32 Å². The molecule has 0 aliphatic rings. The van der Waals surface area contributed by atoms with Gasteiger partial charge >= 0.3 is 5.97 Å². The number of esters is 1. The van der Waals surface area contributed by atoms with Crippen LogP contribution in [-0.4, -0.2) is 25.9 Å². The minimum Gasteiger partial charge on any atom is -0.466 e. The molecule has 0 aliphatic heterocycles. The number of benzene rings is 1. The zero-order valence-corrected chi connectivity index (χ0v) is 17.1.